The minimum absolute atomic E-state index is 0.00871. The first kappa shape index (κ1) is 31.2. The zero-order valence-electron chi connectivity index (χ0n) is 25.0. The van der Waals surface area contributed by atoms with Crippen LogP contribution in [0.4, 0.5) is 28.9 Å². The van der Waals surface area contributed by atoms with Crippen molar-refractivity contribution < 1.29 is 32.2 Å². The van der Waals surface area contributed by atoms with Crippen LogP contribution in [0.15, 0.2) is 48.5 Å². The van der Waals surface area contributed by atoms with Crippen LogP contribution < -0.4 is 9.80 Å². The summed E-state index contributed by atoms with van der Waals surface area (Å²) in [6.07, 6.45) is -3.55. The molecular weight excluding hydrogens is 578 g/mol. The zero-order chi connectivity index (χ0) is 31.8. The number of carboxylic acid groups (broad SMARTS) is 1. The summed E-state index contributed by atoms with van der Waals surface area (Å²) < 4.78 is 60.3. The standard InChI is InChI=1S/C32H35F4N5O3/c1-31(2,18-44-4)17-40(3)26-16-25(21-13-22(32(34,35)36)15-23(33)14-21)37-29-27(26)38-28(39-29)19-5-7-24(8-6-19)41-11-9-20(10-12-41)30(42)43/h5-8,13-16,20H,9-12,17-18H2,1-4H3,(H,42,43)(H,37,38,39). The molecule has 0 amide bonds. The third kappa shape index (κ3) is 6.80. The fourth-order valence-electron chi connectivity index (χ4n) is 5.84. The number of methoxy groups -OCH3 is 1. The average molecular weight is 614 g/mol. The molecule has 0 aliphatic carbocycles. The van der Waals surface area contributed by atoms with Gasteiger partial charge in [-0.25, -0.2) is 14.4 Å². The number of nitrogens with zero attached hydrogens (tertiary/aromatic N) is 4. The van der Waals surface area contributed by atoms with E-state index in [1.54, 1.807) is 13.2 Å². The zero-order valence-corrected chi connectivity index (χ0v) is 25.0. The van der Waals surface area contributed by atoms with Crippen molar-refractivity contribution in [2.45, 2.75) is 32.9 Å². The van der Waals surface area contributed by atoms with Crippen molar-refractivity contribution in [1.82, 2.24) is 15.0 Å². The van der Waals surface area contributed by atoms with Gasteiger partial charge in [-0.2, -0.15) is 13.2 Å². The fourth-order valence-corrected chi connectivity index (χ4v) is 5.84. The molecule has 12 heteroatoms. The second-order valence-electron chi connectivity index (χ2n) is 12.1. The molecule has 0 bridgehead atoms. The van der Waals surface area contributed by atoms with Crippen LogP contribution in [0.2, 0.25) is 0 Å². The molecule has 0 atom stereocenters. The van der Waals surface area contributed by atoms with Crippen LogP contribution in [0.25, 0.3) is 33.8 Å². The van der Waals surface area contributed by atoms with E-state index in [1.165, 1.54) is 0 Å². The Labute approximate surface area is 252 Å². The molecule has 2 N–H and O–H groups in total. The monoisotopic (exact) mass is 613 g/mol. The highest BCUT2D eigenvalue weighted by Crippen LogP contribution is 2.36. The van der Waals surface area contributed by atoms with Gasteiger partial charge in [0.15, 0.2) is 5.65 Å². The summed E-state index contributed by atoms with van der Waals surface area (Å²) in [7, 11) is 3.49. The predicted molar refractivity (Wildman–Crippen MR) is 161 cm³/mol. The van der Waals surface area contributed by atoms with E-state index in [0.717, 1.165) is 23.4 Å². The Morgan fingerprint density at radius 3 is 2.36 bits per heavy atom. The molecule has 234 valence electrons. The summed E-state index contributed by atoms with van der Waals surface area (Å²) in [5.74, 6) is -1.57. The lowest BCUT2D eigenvalue weighted by Crippen LogP contribution is -2.36. The van der Waals surface area contributed by atoms with E-state index in [9.17, 15) is 27.5 Å². The first-order valence-corrected chi connectivity index (χ1v) is 14.3. The molecule has 1 saturated heterocycles. The van der Waals surface area contributed by atoms with Crippen LogP contribution in [-0.2, 0) is 15.7 Å². The van der Waals surface area contributed by atoms with Gasteiger partial charge in [0.1, 0.15) is 17.2 Å². The number of hydrogen-bond acceptors (Lipinski definition) is 6. The van der Waals surface area contributed by atoms with Gasteiger partial charge < -0.3 is 24.6 Å². The number of fused-ring (bicyclic) bond motifs is 1. The molecule has 1 aliphatic rings. The molecule has 3 heterocycles. The number of aromatic nitrogens is 3. The molecule has 2 aromatic carbocycles. The quantitative estimate of drug-likeness (QED) is 0.199. The number of ether oxygens (including phenoxy) is 1. The van der Waals surface area contributed by atoms with Crippen molar-refractivity contribution in [2.75, 3.05) is 50.2 Å². The number of piperidine rings is 1. The summed E-state index contributed by atoms with van der Waals surface area (Å²) in [4.78, 5) is 28.0. The molecule has 0 spiro atoms. The maximum atomic E-state index is 14.4. The molecule has 4 aromatic rings. The van der Waals surface area contributed by atoms with Crippen LogP contribution in [0.3, 0.4) is 0 Å². The molecular formula is C32H35F4N5O3. The van der Waals surface area contributed by atoms with E-state index < -0.39 is 23.5 Å². The third-order valence-corrected chi connectivity index (χ3v) is 7.92. The van der Waals surface area contributed by atoms with Crippen molar-refractivity contribution >= 4 is 28.5 Å². The Morgan fingerprint density at radius 1 is 1.07 bits per heavy atom. The average Bonchev–Trinajstić information content (AvgIpc) is 3.40. The molecule has 44 heavy (non-hydrogen) atoms. The van der Waals surface area contributed by atoms with Crippen molar-refractivity contribution in [3.63, 3.8) is 0 Å². The Kier molecular flexibility index (Phi) is 8.57. The molecule has 1 aliphatic heterocycles. The smallest absolute Gasteiger partial charge is 0.416 e. The largest absolute Gasteiger partial charge is 0.481 e. The number of anilines is 2. The molecule has 8 nitrogen and oxygen atoms in total. The number of benzene rings is 2. The number of aromatic amines is 1. The number of carboxylic acids is 1. The number of nitrogens with one attached hydrogen (secondary N) is 1. The Morgan fingerprint density at radius 2 is 1.75 bits per heavy atom. The van der Waals surface area contributed by atoms with E-state index >= 15 is 0 Å². The highest BCUT2D eigenvalue weighted by atomic mass is 19.4. The van der Waals surface area contributed by atoms with Gasteiger partial charge in [-0.1, -0.05) is 13.8 Å². The molecule has 0 saturated carbocycles. The maximum Gasteiger partial charge on any atom is 0.416 e. The number of H-pyrrole nitrogens is 1. The van der Waals surface area contributed by atoms with Crippen LogP contribution in [-0.4, -0.2) is 66.4 Å². The van der Waals surface area contributed by atoms with E-state index in [1.807, 2.05) is 50.1 Å². The summed E-state index contributed by atoms with van der Waals surface area (Å²) >= 11 is 0. The first-order valence-electron chi connectivity index (χ1n) is 14.3. The van der Waals surface area contributed by atoms with Crippen molar-refractivity contribution in [2.24, 2.45) is 11.3 Å². The number of rotatable bonds is 9. The minimum atomic E-state index is -4.72. The summed E-state index contributed by atoms with van der Waals surface area (Å²) in [5.41, 5.74) is 2.04. The van der Waals surface area contributed by atoms with Gasteiger partial charge in [0.2, 0.25) is 0 Å². The van der Waals surface area contributed by atoms with Gasteiger partial charge in [0.05, 0.1) is 29.5 Å². The molecule has 5 rings (SSSR count). The third-order valence-electron chi connectivity index (χ3n) is 7.92. The van der Waals surface area contributed by atoms with Crippen molar-refractivity contribution in [3.05, 3.63) is 59.9 Å². The van der Waals surface area contributed by atoms with E-state index in [4.69, 9.17) is 9.72 Å². The highest BCUT2D eigenvalue weighted by molar-refractivity contribution is 5.91. The van der Waals surface area contributed by atoms with Crippen LogP contribution >= 0.6 is 0 Å². The van der Waals surface area contributed by atoms with Gasteiger partial charge in [-0.3, -0.25) is 4.79 Å². The van der Waals surface area contributed by atoms with E-state index in [2.05, 4.69) is 14.9 Å². The molecule has 1 fully saturated rings. The number of halogens is 4. The highest BCUT2D eigenvalue weighted by Gasteiger charge is 2.32. The van der Waals surface area contributed by atoms with Gasteiger partial charge in [-0.15, -0.1) is 0 Å². The topological polar surface area (TPSA) is 94.6 Å². The number of alkyl halides is 3. The molecule has 2 aromatic heterocycles. The number of hydrogen-bond donors (Lipinski definition) is 2. The second kappa shape index (κ2) is 12.1. The predicted octanol–water partition coefficient (Wildman–Crippen LogP) is 6.86. The second-order valence-corrected chi connectivity index (χ2v) is 12.1. The van der Waals surface area contributed by atoms with Crippen LogP contribution in [0.1, 0.15) is 32.3 Å². The van der Waals surface area contributed by atoms with Crippen molar-refractivity contribution in [3.8, 4) is 22.6 Å². The van der Waals surface area contributed by atoms with Crippen molar-refractivity contribution in [1.29, 1.82) is 0 Å². The Bertz CT molecular complexity index is 1640. The number of carbonyl (C=O) groups is 1. The summed E-state index contributed by atoms with van der Waals surface area (Å²) in [6.45, 7) is 6.40. The van der Waals surface area contributed by atoms with Crippen LogP contribution in [0, 0.1) is 17.2 Å². The normalized spacial score (nSPS) is 14.8. The van der Waals surface area contributed by atoms with E-state index in [0.29, 0.717) is 62.2 Å². The Hall–Kier alpha value is -4.19. The van der Waals surface area contributed by atoms with E-state index in [-0.39, 0.29) is 28.2 Å². The lowest BCUT2D eigenvalue weighted by atomic mass is 9.94. The minimum Gasteiger partial charge on any atom is -0.481 e. The van der Waals surface area contributed by atoms with Gasteiger partial charge in [0.25, 0.3) is 0 Å². The number of imidazole rings is 1. The van der Waals surface area contributed by atoms with Crippen LogP contribution in [0.5, 0.6) is 0 Å². The fraction of sp³-hybridized carbons (Fsp3) is 0.406. The lowest BCUT2D eigenvalue weighted by molar-refractivity contribution is -0.142. The maximum absolute atomic E-state index is 14.4. The summed E-state index contributed by atoms with van der Waals surface area (Å²) in [6, 6.07) is 11.8. The van der Waals surface area contributed by atoms with Gasteiger partial charge in [0, 0.05) is 56.0 Å². The SMILES string of the molecule is COCC(C)(C)CN(C)c1cc(-c2cc(F)cc(C(F)(F)F)c2)nc2nc(-c3ccc(N4CCC(C(=O)O)CC4)cc3)[nH]c12. The lowest BCUT2D eigenvalue weighted by Gasteiger charge is -2.32. The van der Waals surface area contributed by atoms with Gasteiger partial charge >= 0.3 is 12.1 Å². The number of pyridine rings is 1. The summed E-state index contributed by atoms with van der Waals surface area (Å²) in [5, 5.41) is 9.28. The van der Waals surface area contributed by atoms with Gasteiger partial charge in [-0.05, 0) is 61.4 Å². The first-order chi connectivity index (χ1) is 20.7. The molecule has 0 radical (unpaired) electrons. The molecule has 0 unspecified atom stereocenters. The Balaban J connectivity index is 1.53. The number of aliphatic carboxylic acids is 1.